The molecule has 2 unspecified atom stereocenters. The van der Waals surface area contributed by atoms with Gasteiger partial charge in [-0.3, -0.25) is 11.3 Å². The van der Waals surface area contributed by atoms with Gasteiger partial charge in [0.2, 0.25) is 0 Å². The molecule has 3 N–H and O–H groups in total. The molecule has 0 radical (unpaired) electrons. The zero-order valence-electron chi connectivity index (χ0n) is 10.2. The van der Waals surface area contributed by atoms with Crippen molar-refractivity contribution in [3.63, 3.8) is 0 Å². The number of benzene rings is 1. The molecule has 0 saturated heterocycles. The van der Waals surface area contributed by atoms with E-state index in [-0.39, 0.29) is 11.5 Å². The Morgan fingerprint density at radius 1 is 1.33 bits per heavy atom. The van der Waals surface area contributed by atoms with Crippen LogP contribution in [0.5, 0.6) is 0 Å². The van der Waals surface area contributed by atoms with Gasteiger partial charge >= 0.3 is 6.18 Å². The van der Waals surface area contributed by atoms with Gasteiger partial charge in [-0.05, 0) is 24.1 Å². The third-order valence-corrected chi connectivity index (χ3v) is 3.05. The first kappa shape index (κ1) is 14.9. The molecule has 2 atom stereocenters. The topological polar surface area (TPSA) is 38.0 Å². The average molecular weight is 264 g/mol. The van der Waals surface area contributed by atoms with Gasteiger partial charge in [-0.1, -0.05) is 20.3 Å². The number of hydrogen-bond donors (Lipinski definition) is 2. The third-order valence-electron chi connectivity index (χ3n) is 3.05. The molecule has 102 valence electrons. The van der Waals surface area contributed by atoms with Gasteiger partial charge in [0.05, 0.1) is 11.6 Å². The van der Waals surface area contributed by atoms with Gasteiger partial charge in [0.1, 0.15) is 5.82 Å². The Bertz CT molecular complexity index is 404. The normalized spacial score (nSPS) is 15.5. The Hall–Kier alpha value is -1.14. The Kier molecular flexibility index (Phi) is 4.70. The fourth-order valence-electron chi connectivity index (χ4n) is 1.75. The molecule has 2 nitrogen and oxygen atoms in total. The number of hydrazine groups is 1. The van der Waals surface area contributed by atoms with Crippen molar-refractivity contribution in [2.24, 2.45) is 11.8 Å². The van der Waals surface area contributed by atoms with Gasteiger partial charge in [-0.15, -0.1) is 0 Å². The second-order valence-electron chi connectivity index (χ2n) is 4.26. The minimum Gasteiger partial charge on any atom is -0.271 e. The van der Waals surface area contributed by atoms with E-state index in [9.17, 15) is 17.6 Å². The van der Waals surface area contributed by atoms with Crippen LogP contribution in [-0.4, -0.2) is 0 Å². The summed E-state index contributed by atoms with van der Waals surface area (Å²) in [7, 11) is 0. The minimum atomic E-state index is -4.49. The summed E-state index contributed by atoms with van der Waals surface area (Å²) in [6.07, 6.45) is -3.82. The zero-order chi connectivity index (χ0) is 13.9. The van der Waals surface area contributed by atoms with Crippen molar-refractivity contribution >= 4 is 0 Å². The summed E-state index contributed by atoms with van der Waals surface area (Å²) in [6.45, 7) is 3.66. The smallest absolute Gasteiger partial charge is 0.271 e. The van der Waals surface area contributed by atoms with Crippen LogP contribution in [0.15, 0.2) is 18.2 Å². The van der Waals surface area contributed by atoms with Crippen LogP contribution in [0.2, 0.25) is 0 Å². The highest BCUT2D eigenvalue weighted by Gasteiger charge is 2.32. The molecular weight excluding hydrogens is 248 g/mol. The summed E-state index contributed by atoms with van der Waals surface area (Å²) >= 11 is 0. The third kappa shape index (κ3) is 3.20. The summed E-state index contributed by atoms with van der Waals surface area (Å²) < 4.78 is 51.4. The molecular formula is C12H16F4N2. The first-order valence-corrected chi connectivity index (χ1v) is 5.64. The second kappa shape index (κ2) is 5.67. The molecule has 0 heterocycles. The van der Waals surface area contributed by atoms with Gasteiger partial charge < -0.3 is 0 Å². The molecule has 1 aromatic rings. The monoisotopic (exact) mass is 264 g/mol. The first-order chi connectivity index (χ1) is 8.31. The lowest BCUT2D eigenvalue weighted by atomic mass is 9.91. The van der Waals surface area contributed by atoms with E-state index in [1.165, 1.54) is 0 Å². The number of nitrogens with two attached hydrogens (primary N) is 1. The fourth-order valence-corrected chi connectivity index (χ4v) is 1.75. The first-order valence-electron chi connectivity index (χ1n) is 5.64. The van der Waals surface area contributed by atoms with E-state index in [2.05, 4.69) is 5.43 Å². The van der Waals surface area contributed by atoms with Crippen molar-refractivity contribution in [2.75, 3.05) is 0 Å². The van der Waals surface area contributed by atoms with Crippen molar-refractivity contribution in [2.45, 2.75) is 32.5 Å². The molecule has 0 saturated carbocycles. The predicted octanol–water partition coefficient (Wildman–Crippen LogP) is 3.40. The number of alkyl halides is 3. The maximum Gasteiger partial charge on any atom is 0.416 e. The summed E-state index contributed by atoms with van der Waals surface area (Å²) in [5.74, 6) is 4.55. The summed E-state index contributed by atoms with van der Waals surface area (Å²) in [4.78, 5) is 0. The van der Waals surface area contributed by atoms with E-state index in [1.54, 1.807) is 6.92 Å². The van der Waals surface area contributed by atoms with Crippen molar-refractivity contribution in [1.82, 2.24) is 5.43 Å². The highest BCUT2D eigenvalue weighted by Crippen LogP contribution is 2.33. The van der Waals surface area contributed by atoms with Crippen LogP contribution < -0.4 is 11.3 Å². The van der Waals surface area contributed by atoms with Crippen LogP contribution in [0.4, 0.5) is 17.6 Å². The highest BCUT2D eigenvalue weighted by atomic mass is 19.4. The van der Waals surface area contributed by atoms with Crippen LogP contribution in [0.3, 0.4) is 0 Å². The molecule has 0 aliphatic carbocycles. The van der Waals surface area contributed by atoms with Crippen molar-refractivity contribution in [3.05, 3.63) is 35.1 Å². The molecule has 18 heavy (non-hydrogen) atoms. The van der Waals surface area contributed by atoms with Gasteiger partial charge in [0, 0.05) is 5.56 Å². The van der Waals surface area contributed by atoms with E-state index in [0.29, 0.717) is 6.42 Å². The lowest BCUT2D eigenvalue weighted by Gasteiger charge is -2.23. The van der Waals surface area contributed by atoms with E-state index in [0.717, 1.165) is 18.2 Å². The molecule has 0 aliphatic rings. The maximum atomic E-state index is 13.6. The second-order valence-corrected chi connectivity index (χ2v) is 4.26. The fraction of sp³-hybridized carbons (Fsp3) is 0.500. The lowest BCUT2D eigenvalue weighted by molar-refractivity contribution is -0.137. The number of rotatable bonds is 4. The molecule has 6 heteroatoms. The van der Waals surface area contributed by atoms with E-state index in [4.69, 9.17) is 5.84 Å². The quantitative estimate of drug-likeness (QED) is 0.497. The molecule has 0 amide bonds. The number of halogens is 4. The molecule has 0 fully saturated rings. The Labute approximate surface area is 103 Å². The van der Waals surface area contributed by atoms with Gasteiger partial charge in [-0.2, -0.15) is 13.2 Å². The Morgan fingerprint density at radius 3 is 2.39 bits per heavy atom. The van der Waals surface area contributed by atoms with Crippen LogP contribution >= 0.6 is 0 Å². The van der Waals surface area contributed by atoms with Gasteiger partial charge in [0.25, 0.3) is 0 Å². The van der Waals surface area contributed by atoms with Crippen LogP contribution in [-0.2, 0) is 6.18 Å². The highest BCUT2D eigenvalue weighted by molar-refractivity contribution is 5.29. The molecule has 0 spiro atoms. The summed E-state index contributed by atoms with van der Waals surface area (Å²) in [5.41, 5.74) is 1.45. The molecule has 0 aromatic heterocycles. The van der Waals surface area contributed by atoms with Crippen LogP contribution in [0.1, 0.15) is 37.4 Å². The van der Waals surface area contributed by atoms with Gasteiger partial charge in [0.15, 0.2) is 0 Å². The van der Waals surface area contributed by atoms with E-state index < -0.39 is 23.6 Å². The van der Waals surface area contributed by atoms with Gasteiger partial charge in [-0.25, -0.2) is 4.39 Å². The minimum absolute atomic E-state index is 0.0540. The number of hydrogen-bond acceptors (Lipinski definition) is 2. The van der Waals surface area contributed by atoms with Crippen molar-refractivity contribution in [3.8, 4) is 0 Å². The average Bonchev–Trinajstić information content (AvgIpc) is 2.30. The molecule has 0 bridgehead atoms. The standard InChI is InChI=1S/C12H16F4N2/c1-3-7(2)11(18-17)9-6-8(12(14,15)16)4-5-10(9)13/h4-7,11,18H,3,17H2,1-2H3. The van der Waals surface area contributed by atoms with E-state index in [1.807, 2.05) is 6.92 Å². The molecule has 0 aliphatic heterocycles. The summed E-state index contributed by atoms with van der Waals surface area (Å²) in [5, 5.41) is 0. The number of nitrogens with one attached hydrogen (secondary N) is 1. The van der Waals surface area contributed by atoms with Crippen molar-refractivity contribution < 1.29 is 17.6 Å². The zero-order valence-corrected chi connectivity index (χ0v) is 10.2. The lowest BCUT2D eigenvalue weighted by Crippen LogP contribution is -2.33. The predicted molar refractivity (Wildman–Crippen MR) is 60.9 cm³/mol. The Balaban J connectivity index is 3.21. The Morgan fingerprint density at radius 2 is 1.94 bits per heavy atom. The summed E-state index contributed by atoms with van der Waals surface area (Å²) in [6, 6.07) is 1.72. The molecule has 1 rings (SSSR count). The van der Waals surface area contributed by atoms with E-state index >= 15 is 0 Å². The van der Waals surface area contributed by atoms with Crippen molar-refractivity contribution in [1.29, 1.82) is 0 Å². The largest absolute Gasteiger partial charge is 0.416 e. The maximum absolute atomic E-state index is 13.6. The SMILES string of the molecule is CCC(C)C(NN)c1cc(C(F)(F)F)ccc1F. The molecule has 1 aromatic carbocycles. The van der Waals surface area contributed by atoms with Crippen LogP contribution in [0, 0.1) is 11.7 Å². The van der Waals surface area contributed by atoms with Crippen LogP contribution in [0.25, 0.3) is 0 Å².